The molecule has 1 N–H and O–H groups in total. The summed E-state index contributed by atoms with van der Waals surface area (Å²) in [5, 5.41) is 13.8. The van der Waals surface area contributed by atoms with Crippen LogP contribution < -0.4 is 15.0 Å². The number of amides is 1. The van der Waals surface area contributed by atoms with E-state index in [1.165, 1.54) is 30.3 Å². The number of benzene rings is 2. The summed E-state index contributed by atoms with van der Waals surface area (Å²) in [4.78, 5) is 14.7. The van der Waals surface area contributed by atoms with Gasteiger partial charge in [0.05, 0.1) is 42.3 Å². The number of ether oxygens (including phenoxy) is 2. The predicted octanol–water partition coefficient (Wildman–Crippen LogP) is 2.55. The summed E-state index contributed by atoms with van der Waals surface area (Å²) in [6, 6.07) is 7.57. The minimum Gasteiger partial charge on any atom is -0.496 e. The summed E-state index contributed by atoms with van der Waals surface area (Å²) < 4.78 is 26.6. The van der Waals surface area contributed by atoms with Crippen molar-refractivity contribution in [3.63, 3.8) is 0 Å². The number of nitrogens with one attached hydrogen (secondary N) is 1. The van der Waals surface area contributed by atoms with Crippen LogP contribution >= 0.6 is 11.6 Å². The topological polar surface area (TPSA) is 94.4 Å². The number of halogens is 2. The fourth-order valence-corrected chi connectivity index (χ4v) is 3.43. The molecular weight excluding hydrogens is 415 g/mol. The average Bonchev–Trinajstić information content (AvgIpc) is 3.29. The molecule has 156 valence electrons. The van der Waals surface area contributed by atoms with E-state index < -0.39 is 11.7 Å². The molecule has 1 aliphatic heterocycles. The molecule has 4 rings (SSSR count). The van der Waals surface area contributed by atoms with E-state index in [0.717, 1.165) is 0 Å². The van der Waals surface area contributed by atoms with Crippen molar-refractivity contribution in [3.05, 3.63) is 53.1 Å². The zero-order valence-corrected chi connectivity index (χ0v) is 16.8. The average molecular weight is 433 g/mol. The molecule has 0 atom stereocenters. The van der Waals surface area contributed by atoms with E-state index in [1.54, 1.807) is 18.2 Å². The van der Waals surface area contributed by atoms with Gasteiger partial charge in [-0.1, -0.05) is 11.6 Å². The summed E-state index contributed by atoms with van der Waals surface area (Å²) in [5.74, 6) is -0.642. The molecule has 1 aliphatic rings. The quantitative estimate of drug-likeness (QED) is 0.662. The van der Waals surface area contributed by atoms with Crippen LogP contribution in [0.4, 0.5) is 15.8 Å². The van der Waals surface area contributed by atoms with Gasteiger partial charge < -0.3 is 19.7 Å². The standard InChI is InChI=1S/C19H18ClFN6O3/c1-29-18-10-17(27-11-22-24-25-27)14(20)9-13(18)19(28)23-12-2-3-16(15(21)8-12)26-4-6-30-7-5-26/h2-3,8-11H,4-7H2,1H3,(H,23,28). The Kier molecular flexibility index (Phi) is 5.77. The SMILES string of the molecule is COc1cc(-n2cnnn2)c(Cl)cc1C(=O)Nc1ccc(N2CCOCC2)c(F)c1. The molecule has 11 heteroatoms. The number of carbonyl (C=O) groups excluding carboxylic acids is 1. The van der Waals surface area contributed by atoms with Gasteiger partial charge in [0.1, 0.15) is 17.9 Å². The molecule has 1 saturated heterocycles. The third-order valence-corrected chi connectivity index (χ3v) is 4.97. The Balaban J connectivity index is 1.56. The van der Waals surface area contributed by atoms with E-state index in [-0.39, 0.29) is 16.3 Å². The lowest BCUT2D eigenvalue weighted by Crippen LogP contribution is -2.36. The number of hydrogen-bond donors (Lipinski definition) is 1. The molecule has 0 aliphatic carbocycles. The normalized spacial score (nSPS) is 13.9. The van der Waals surface area contributed by atoms with Gasteiger partial charge >= 0.3 is 0 Å². The van der Waals surface area contributed by atoms with Crippen molar-refractivity contribution in [2.75, 3.05) is 43.6 Å². The number of aromatic nitrogens is 4. The summed E-state index contributed by atoms with van der Waals surface area (Å²) in [5.41, 5.74) is 1.44. The lowest BCUT2D eigenvalue weighted by Gasteiger charge is -2.29. The highest BCUT2D eigenvalue weighted by atomic mass is 35.5. The maximum atomic E-state index is 14.6. The monoisotopic (exact) mass is 432 g/mol. The van der Waals surface area contributed by atoms with Crippen molar-refractivity contribution >= 4 is 28.9 Å². The van der Waals surface area contributed by atoms with Crippen LogP contribution in [-0.4, -0.2) is 59.5 Å². The number of tetrazole rings is 1. The van der Waals surface area contributed by atoms with Crippen molar-refractivity contribution in [1.82, 2.24) is 20.2 Å². The van der Waals surface area contributed by atoms with Gasteiger partial charge in [0.15, 0.2) is 0 Å². The second kappa shape index (κ2) is 8.64. The smallest absolute Gasteiger partial charge is 0.259 e. The molecule has 0 radical (unpaired) electrons. The van der Waals surface area contributed by atoms with Crippen LogP contribution in [0.1, 0.15) is 10.4 Å². The molecule has 1 aromatic heterocycles. The molecular formula is C19H18ClFN6O3. The largest absolute Gasteiger partial charge is 0.496 e. The van der Waals surface area contributed by atoms with Gasteiger partial charge in [0.2, 0.25) is 0 Å². The Labute approximate surface area is 176 Å². The number of rotatable bonds is 5. The molecule has 0 bridgehead atoms. The van der Waals surface area contributed by atoms with E-state index in [1.807, 2.05) is 4.90 Å². The highest BCUT2D eigenvalue weighted by molar-refractivity contribution is 6.33. The summed E-state index contributed by atoms with van der Waals surface area (Å²) in [6.07, 6.45) is 1.37. The minimum atomic E-state index is -0.490. The lowest BCUT2D eigenvalue weighted by molar-refractivity contribution is 0.102. The van der Waals surface area contributed by atoms with Gasteiger partial charge in [-0.25, -0.2) is 4.39 Å². The Morgan fingerprint density at radius 2 is 2.03 bits per heavy atom. The number of methoxy groups -OCH3 is 1. The van der Waals surface area contributed by atoms with E-state index in [2.05, 4.69) is 20.8 Å². The van der Waals surface area contributed by atoms with Gasteiger partial charge in [0.25, 0.3) is 5.91 Å². The van der Waals surface area contributed by atoms with E-state index in [4.69, 9.17) is 21.1 Å². The second-order valence-corrected chi connectivity index (χ2v) is 6.89. The van der Waals surface area contributed by atoms with Gasteiger partial charge in [-0.3, -0.25) is 4.79 Å². The van der Waals surface area contributed by atoms with E-state index in [0.29, 0.717) is 43.4 Å². The van der Waals surface area contributed by atoms with Crippen LogP contribution in [0.25, 0.3) is 5.69 Å². The zero-order chi connectivity index (χ0) is 21.1. The molecule has 1 fully saturated rings. The molecule has 1 amide bonds. The van der Waals surface area contributed by atoms with Crippen LogP contribution in [0.2, 0.25) is 5.02 Å². The van der Waals surface area contributed by atoms with Crippen LogP contribution in [0.3, 0.4) is 0 Å². The zero-order valence-electron chi connectivity index (χ0n) is 16.0. The maximum Gasteiger partial charge on any atom is 0.259 e. The maximum absolute atomic E-state index is 14.6. The van der Waals surface area contributed by atoms with Crippen molar-refractivity contribution in [2.45, 2.75) is 0 Å². The second-order valence-electron chi connectivity index (χ2n) is 6.48. The van der Waals surface area contributed by atoms with Gasteiger partial charge in [-0.05, 0) is 34.7 Å². The summed E-state index contributed by atoms with van der Waals surface area (Å²) in [7, 11) is 1.43. The fourth-order valence-electron chi connectivity index (χ4n) is 3.18. The molecule has 3 aromatic rings. The number of hydrogen-bond acceptors (Lipinski definition) is 7. The number of morpholine rings is 1. The van der Waals surface area contributed by atoms with Gasteiger partial charge in [-0.15, -0.1) is 5.10 Å². The number of carbonyl (C=O) groups is 1. The molecule has 2 heterocycles. The van der Waals surface area contributed by atoms with E-state index in [9.17, 15) is 9.18 Å². The van der Waals surface area contributed by atoms with E-state index >= 15 is 0 Å². The van der Waals surface area contributed by atoms with Crippen molar-refractivity contribution in [1.29, 1.82) is 0 Å². The molecule has 0 unspecified atom stereocenters. The number of anilines is 2. The van der Waals surface area contributed by atoms with Crippen LogP contribution in [0.5, 0.6) is 5.75 Å². The van der Waals surface area contributed by atoms with Crippen LogP contribution in [-0.2, 0) is 4.74 Å². The first-order valence-corrected chi connectivity index (χ1v) is 9.49. The van der Waals surface area contributed by atoms with Crippen LogP contribution in [0.15, 0.2) is 36.7 Å². The molecule has 30 heavy (non-hydrogen) atoms. The third-order valence-electron chi connectivity index (χ3n) is 4.67. The van der Waals surface area contributed by atoms with Crippen molar-refractivity contribution < 1.29 is 18.7 Å². The van der Waals surface area contributed by atoms with Crippen molar-refractivity contribution in [2.24, 2.45) is 0 Å². The summed E-state index contributed by atoms with van der Waals surface area (Å²) in [6.45, 7) is 2.34. The predicted molar refractivity (Wildman–Crippen MR) is 108 cm³/mol. The fraction of sp³-hybridized carbons (Fsp3) is 0.263. The first-order chi connectivity index (χ1) is 14.6. The first kappa shape index (κ1) is 20.0. The summed E-state index contributed by atoms with van der Waals surface area (Å²) >= 11 is 6.30. The first-order valence-electron chi connectivity index (χ1n) is 9.11. The Hall–Kier alpha value is -3.24. The molecule has 0 saturated carbocycles. The van der Waals surface area contributed by atoms with Gasteiger partial charge in [-0.2, -0.15) is 4.68 Å². The Morgan fingerprint density at radius 1 is 1.23 bits per heavy atom. The Bertz CT molecular complexity index is 1060. The van der Waals surface area contributed by atoms with Gasteiger partial charge in [0, 0.05) is 24.8 Å². The minimum absolute atomic E-state index is 0.192. The third kappa shape index (κ3) is 4.05. The highest BCUT2D eigenvalue weighted by Crippen LogP contribution is 2.30. The molecule has 9 nitrogen and oxygen atoms in total. The van der Waals surface area contributed by atoms with Crippen molar-refractivity contribution in [3.8, 4) is 11.4 Å². The molecule has 2 aromatic carbocycles. The lowest BCUT2D eigenvalue weighted by atomic mass is 10.1. The molecule has 0 spiro atoms. The Morgan fingerprint density at radius 3 is 2.70 bits per heavy atom. The number of nitrogens with zero attached hydrogens (tertiary/aromatic N) is 5. The van der Waals surface area contributed by atoms with Crippen LogP contribution in [0, 0.1) is 5.82 Å². The highest BCUT2D eigenvalue weighted by Gasteiger charge is 2.19.